The normalized spacial score (nSPS) is 25.3. The van der Waals surface area contributed by atoms with Gasteiger partial charge in [0.15, 0.2) is 0 Å². The van der Waals surface area contributed by atoms with Crippen LogP contribution in [-0.2, 0) is 0 Å². The first kappa shape index (κ1) is 9.87. The lowest BCUT2D eigenvalue weighted by Crippen LogP contribution is -2.12. The van der Waals surface area contributed by atoms with Gasteiger partial charge in [-0.3, -0.25) is 0 Å². The molecule has 0 aromatic rings. The van der Waals surface area contributed by atoms with Crippen molar-refractivity contribution in [3.05, 3.63) is 22.1 Å². The molecule has 1 unspecified atom stereocenters. The molecule has 1 atom stereocenters. The van der Waals surface area contributed by atoms with E-state index in [4.69, 9.17) is 5.73 Å². The van der Waals surface area contributed by atoms with Crippen molar-refractivity contribution in [2.45, 2.75) is 26.7 Å². The summed E-state index contributed by atoms with van der Waals surface area (Å²) in [5.41, 5.74) is 9.90. The highest BCUT2D eigenvalue weighted by Gasteiger charge is 2.21. The van der Waals surface area contributed by atoms with Crippen LogP contribution in [0.2, 0.25) is 0 Å². The molecular weight excluding hydrogens is 166 g/mol. The highest BCUT2D eigenvalue weighted by Crippen LogP contribution is 2.34. The Morgan fingerprint density at radius 2 is 2.42 bits per heavy atom. The highest BCUT2D eigenvalue weighted by molar-refractivity contribution is 7.83. The average Bonchev–Trinajstić information content (AvgIpc) is 2.45. The van der Waals surface area contributed by atoms with Crippen LogP contribution in [0.5, 0.6) is 0 Å². The van der Waals surface area contributed by atoms with Gasteiger partial charge in [0.25, 0.3) is 0 Å². The van der Waals surface area contributed by atoms with Crippen molar-refractivity contribution < 1.29 is 0 Å². The molecular formula is C10H17NS. The molecule has 68 valence electrons. The maximum atomic E-state index is 5.66. The first-order chi connectivity index (χ1) is 5.70. The zero-order chi connectivity index (χ0) is 9.14. The molecule has 0 saturated heterocycles. The molecule has 2 N–H and O–H groups in total. The van der Waals surface area contributed by atoms with E-state index in [9.17, 15) is 0 Å². The van der Waals surface area contributed by atoms with Crippen LogP contribution in [-0.4, -0.2) is 6.54 Å². The van der Waals surface area contributed by atoms with E-state index in [0.717, 1.165) is 6.54 Å². The van der Waals surface area contributed by atoms with E-state index in [1.807, 2.05) is 5.41 Å². The van der Waals surface area contributed by atoms with Crippen molar-refractivity contribution >= 4 is 12.6 Å². The fraction of sp³-hybridized carbons (Fsp3) is 0.600. The van der Waals surface area contributed by atoms with Crippen molar-refractivity contribution in [1.29, 1.82) is 0 Å². The first-order valence-corrected chi connectivity index (χ1v) is 4.93. The highest BCUT2D eigenvalue weighted by atomic mass is 32.1. The van der Waals surface area contributed by atoms with Crippen molar-refractivity contribution in [3.8, 4) is 0 Å². The number of allylic oxidation sites excluding steroid dienone is 2. The quantitative estimate of drug-likeness (QED) is 0.632. The summed E-state index contributed by atoms with van der Waals surface area (Å²) in [6.45, 7) is 5.10. The molecule has 0 aromatic carbocycles. The van der Waals surface area contributed by atoms with Crippen LogP contribution in [0.3, 0.4) is 0 Å². The van der Waals surface area contributed by atoms with Gasteiger partial charge in [0.05, 0.1) is 0 Å². The predicted molar refractivity (Wildman–Crippen MR) is 57.2 cm³/mol. The van der Waals surface area contributed by atoms with Gasteiger partial charge >= 0.3 is 0 Å². The maximum absolute atomic E-state index is 5.66. The number of hydrogen-bond donors (Lipinski definition) is 2. The summed E-state index contributed by atoms with van der Waals surface area (Å²) in [6, 6.07) is 0. The van der Waals surface area contributed by atoms with Crippen LogP contribution < -0.4 is 5.73 Å². The Morgan fingerprint density at radius 1 is 1.75 bits per heavy atom. The minimum Gasteiger partial charge on any atom is -0.330 e. The summed E-state index contributed by atoms with van der Waals surface area (Å²) < 4.78 is 0. The van der Waals surface area contributed by atoms with Crippen LogP contribution in [0.15, 0.2) is 22.1 Å². The topological polar surface area (TPSA) is 26.0 Å². The minimum atomic E-state index is 0.614. The van der Waals surface area contributed by atoms with Gasteiger partial charge in [0, 0.05) is 0 Å². The van der Waals surface area contributed by atoms with Gasteiger partial charge in [0.1, 0.15) is 0 Å². The Kier molecular flexibility index (Phi) is 3.41. The molecule has 0 saturated carbocycles. The molecule has 0 heterocycles. The Morgan fingerprint density at radius 3 is 2.83 bits per heavy atom. The lowest BCUT2D eigenvalue weighted by atomic mass is 10.0. The average molecular weight is 183 g/mol. The smallest absolute Gasteiger partial charge is 0.00113 e. The number of rotatable bonds is 2. The molecule has 0 aromatic heterocycles. The summed E-state index contributed by atoms with van der Waals surface area (Å²) >= 11 is 4.16. The summed E-state index contributed by atoms with van der Waals surface area (Å²) in [6.07, 6.45) is 2.40. The van der Waals surface area contributed by atoms with Gasteiger partial charge < -0.3 is 5.73 Å². The second-order valence-electron chi connectivity index (χ2n) is 3.44. The van der Waals surface area contributed by atoms with Crippen LogP contribution in [0.1, 0.15) is 26.7 Å². The zero-order valence-electron chi connectivity index (χ0n) is 7.80. The van der Waals surface area contributed by atoms with E-state index in [0.29, 0.717) is 5.92 Å². The Hall–Kier alpha value is -0.210. The molecule has 0 fully saturated rings. The molecule has 1 aliphatic carbocycles. The second-order valence-corrected chi connectivity index (χ2v) is 3.70. The van der Waals surface area contributed by atoms with Crippen LogP contribution >= 0.6 is 12.6 Å². The largest absolute Gasteiger partial charge is 0.330 e. The maximum Gasteiger partial charge on any atom is -0.00113 e. The summed E-state index contributed by atoms with van der Waals surface area (Å²) in [7, 11) is 0. The third-order valence-electron chi connectivity index (χ3n) is 2.79. The number of hydrogen-bond acceptors (Lipinski definition) is 2. The van der Waals surface area contributed by atoms with Gasteiger partial charge in [-0.25, -0.2) is 0 Å². The molecule has 2 heteroatoms. The van der Waals surface area contributed by atoms with Crippen LogP contribution in [0.4, 0.5) is 0 Å². The van der Waals surface area contributed by atoms with E-state index >= 15 is 0 Å². The summed E-state index contributed by atoms with van der Waals surface area (Å²) in [4.78, 5) is 0. The standard InChI is InChI=1S/C10H17NS/c1-7(6-12)10-4-3-9(5-11)8(10)2/h6,9,12H,3-5,11H2,1-2H3/b7-6-. The predicted octanol–water partition coefficient (Wildman–Crippen LogP) is 2.51. The van der Waals surface area contributed by atoms with Crippen molar-refractivity contribution in [2.24, 2.45) is 11.7 Å². The first-order valence-electron chi connectivity index (χ1n) is 4.41. The molecule has 0 aliphatic heterocycles. The molecule has 0 radical (unpaired) electrons. The van der Waals surface area contributed by atoms with Gasteiger partial charge in [0.2, 0.25) is 0 Å². The molecule has 1 rings (SSSR count). The van der Waals surface area contributed by atoms with Crippen molar-refractivity contribution in [3.63, 3.8) is 0 Å². The van der Waals surface area contributed by atoms with Crippen molar-refractivity contribution in [2.75, 3.05) is 6.54 Å². The molecule has 1 aliphatic rings. The fourth-order valence-electron chi connectivity index (χ4n) is 1.86. The second kappa shape index (κ2) is 4.15. The third-order valence-corrected chi connectivity index (χ3v) is 3.17. The van der Waals surface area contributed by atoms with E-state index in [1.165, 1.54) is 29.6 Å². The summed E-state index contributed by atoms with van der Waals surface area (Å²) in [5, 5.41) is 1.89. The SMILES string of the molecule is CC1=C(/C(C)=C\S)CCC1CN. The van der Waals surface area contributed by atoms with Crippen LogP contribution in [0, 0.1) is 5.92 Å². The van der Waals surface area contributed by atoms with E-state index in [2.05, 4.69) is 26.5 Å². The van der Waals surface area contributed by atoms with E-state index in [1.54, 1.807) is 0 Å². The molecule has 0 bridgehead atoms. The van der Waals surface area contributed by atoms with Crippen molar-refractivity contribution in [1.82, 2.24) is 0 Å². The lowest BCUT2D eigenvalue weighted by molar-refractivity contribution is 0.616. The van der Waals surface area contributed by atoms with Crippen LogP contribution in [0.25, 0.3) is 0 Å². The summed E-state index contributed by atoms with van der Waals surface area (Å²) in [5.74, 6) is 0.614. The van der Waals surface area contributed by atoms with Gasteiger partial charge in [-0.15, -0.1) is 0 Å². The Balaban J connectivity index is 2.84. The van der Waals surface area contributed by atoms with Gasteiger partial charge in [-0.05, 0) is 55.7 Å². The Bertz CT molecular complexity index is 228. The molecule has 0 amide bonds. The minimum absolute atomic E-state index is 0.614. The Labute approximate surface area is 80.1 Å². The molecule has 0 spiro atoms. The van der Waals surface area contributed by atoms with E-state index in [-0.39, 0.29) is 0 Å². The van der Waals surface area contributed by atoms with Gasteiger partial charge in [-0.2, -0.15) is 12.6 Å². The van der Waals surface area contributed by atoms with E-state index < -0.39 is 0 Å². The fourth-order valence-corrected chi connectivity index (χ4v) is 2.02. The monoisotopic (exact) mass is 183 g/mol. The third kappa shape index (κ3) is 1.75. The number of thiol groups is 1. The zero-order valence-corrected chi connectivity index (χ0v) is 8.70. The molecule has 1 nitrogen and oxygen atoms in total. The molecule has 12 heavy (non-hydrogen) atoms. The number of nitrogens with two attached hydrogens (primary N) is 1. The van der Waals surface area contributed by atoms with Gasteiger partial charge in [-0.1, -0.05) is 5.57 Å². The lowest BCUT2D eigenvalue weighted by Gasteiger charge is -2.07.